The molecule has 9 atom stereocenters. The standard InChI is InChI=1S/C51H71N5O13.2CN.Co/c1-26-39-28(16-19-33(58)64-9)47(3,4)46(53-39)42-41-29(15-18-32(57)52-42)49(6,24-37(62)68-13)44(54-41)27(2)40-30(17-20-34(59)65-10)50(7,25-38(63)69-14)51(8,56-40)45-31(23-36(61)67-12)48(5,43(26)55-45)22-21-35(60)66-11;2*1-2;/h28-31,45,53H,15-25H2,1-14H3,(H,52,57);;;/q;2*-1;+3/p-1/b39-26-,44-27-,46-42+;;;/t28-,29-,30-,31+,45?,48-,49+,50+,51+;;;/m1.../s1. The van der Waals surface area contributed by atoms with Crippen molar-refractivity contribution in [3.05, 3.63) is 47.1 Å². The van der Waals surface area contributed by atoms with Gasteiger partial charge in [-0.05, 0) is 69.9 Å². The molecule has 1 saturated heterocycles. The molecule has 21 heteroatoms. The number of hydrogen-bond acceptors (Lipinski definition) is 20. The molecule has 1 N–H and O–H groups in total. The number of nitrogens with one attached hydrogen (secondary N) is 1. The van der Waals surface area contributed by atoms with Crippen molar-refractivity contribution in [2.75, 3.05) is 42.7 Å². The molecule has 20 nitrogen and oxygen atoms in total. The van der Waals surface area contributed by atoms with Crippen LogP contribution in [0.5, 0.6) is 0 Å². The van der Waals surface area contributed by atoms with Crippen LogP contribution in [0.2, 0.25) is 0 Å². The van der Waals surface area contributed by atoms with Crippen LogP contribution < -0.4 is 10.4 Å². The van der Waals surface area contributed by atoms with Gasteiger partial charge in [0.1, 0.15) is 5.70 Å². The molecule has 6 aliphatic rings. The zero-order valence-electron chi connectivity index (χ0n) is 45.0. The van der Waals surface area contributed by atoms with Crippen molar-refractivity contribution in [2.45, 2.75) is 138 Å². The van der Waals surface area contributed by atoms with Crippen molar-refractivity contribution < 1.29 is 79.1 Å². The third-order valence-corrected chi connectivity index (χ3v) is 16.9. The molecule has 8 bridgehead atoms. The zero-order chi connectivity index (χ0) is 55.2. The van der Waals surface area contributed by atoms with Gasteiger partial charge in [0, 0.05) is 87.4 Å². The summed E-state index contributed by atoms with van der Waals surface area (Å²) in [5, 5.41) is 30.2. The second-order valence-corrected chi connectivity index (χ2v) is 20.8. The fourth-order valence-electron chi connectivity index (χ4n) is 12.7. The first-order valence-corrected chi connectivity index (χ1v) is 24.2. The van der Waals surface area contributed by atoms with E-state index in [2.05, 4.69) is 5.32 Å². The molecule has 74 heavy (non-hydrogen) atoms. The van der Waals surface area contributed by atoms with Gasteiger partial charge in [0.2, 0.25) is 0 Å². The maximum absolute atomic E-state index is 14.0. The molecule has 0 aromatic heterocycles. The molecule has 1 unspecified atom stereocenters. The van der Waals surface area contributed by atoms with E-state index in [1.54, 1.807) is 0 Å². The minimum absolute atomic E-state index is 0. The van der Waals surface area contributed by atoms with Crippen LogP contribution >= 0.6 is 0 Å². The van der Waals surface area contributed by atoms with E-state index in [4.69, 9.17) is 72.1 Å². The number of carbonyl (C=O) groups is 6. The number of nitrogens with zero attached hydrogens (tertiary/aromatic N) is 6. The predicted octanol–water partition coefficient (Wildman–Crippen LogP) is 5.66. The van der Waals surface area contributed by atoms with E-state index in [0.717, 1.165) is 0 Å². The van der Waals surface area contributed by atoms with Crippen LogP contribution in [0.15, 0.2) is 53.9 Å². The number of esters is 6. The Hall–Kier alpha value is -6.19. The largest absolute Gasteiger partial charge is 3.00 e. The first-order chi connectivity index (χ1) is 34.4. The van der Waals surface area contributed by atoms with E-state index < -0.39 is 92.7 Å². The van der Waals surface area contributed by atoms with E-state index in [1.165, 1.54) is 42.7 Å². The first kappa shape index (κ1) is 62.1. The Morgan fingerprint density at radius 2 is 1.19 bits per heavy atom. The van der Waals surface area contributed by atoms with Crippen LogP contribution in [0.1, 0.15) is 126 Å². The van der Waals surface area contributed by atoms with Gasteiger partial charge in [-0.3, -0.25) is 48.7 Å². The van der Waals surface area contributed by atoms with E-state index >= 15 is 0 Å². The van der Waals surface area contributed by atoms with Crippen molar-refractivity contribution in [1.82, 2.24) is 5.32 Å². The van der Waals surface area contributed by atoms with Crippen molar-refractivity contribution in [1.29, 1.82) is 10.5 Å². The van der Waals surface area contributed by atoms with Gasteiger partial charge in [-0.15, -0.1) is 0 Å². The zero-order valence-corrected chi connectivity index (χ0v) is 46.0. The van der Waals surface area contributed by atoms with Gasteiger partial charge in [-0.25, -0.2) is 0 Å². The summed E-state index contributed by atoms with van der Waals surface area (Å²) in [7, 11) is 7.88. The van der Waals surface area contributed by atoms with Gasteiger partial charge in [0.05, 0.1) is 84.9 Å². The number of fused-ring (bicyclic) bond motifs is 6. The summed E-state index contributed by atoms with van der Waals surface area (Å²) in [5.41, 5.74) is -0.632. The minimum atomic E-state index is -1.37. The topological polar surface area (TPSA) is 290 Å². The molecule has 6 rings (SSSR count). The predicted molar refractivity (Wildman–Crippen MR) is 262 cm³/mol. The van der Waals surface area contributed by atoms with Crippen LogP contribution in [0.25, 0.3) is 0 Å². The number of methoxy groups -OCH3 is 6. The van der Waals surface area contributed by atoms with Crippen molar-refractivity contribution in [3.63, 3.8) is 0 Å². The Morgan fingerprint density at radius 1 is 0.676 bits per heavy atom. The third kappa shape index (κ3) is 11.0. The summed E-state index contributed by atoms with van der Waals surface area (Å²) >= 11 is 0. The van der Waals surface area contributed by atoms with E-state index in [-0.39, 0.29) is 80.5 Å². The van der Waals surface area contributed by atoms with Gasteiger partial charge >= 0.3 is 52.6 Å². The number of allylic oxidation sites excluding steroid dienone is 6. The fraction of sp³-hybridized carbons (Fsp3) is 0.660. The molecule has 0 spiro atoms. The molecule has 0 aliphatic carbocycles. The van der Waals surface area contributed by atoms with Crippen LogP contribution in [0.3, 0.4) is 0 Å². The quantitative estimate of drug-likeness (QED) is 0.118. The number of ether oxygens (including phenoxy) is 6. The van der Waals surface area contributed by atoms with Gasteiger partial charge < -0.3 is 62.5 Å². The maximum atomic E-state index is 14.0. The van der Waals surface area contributed by atoms with Crippen LogP contribution in [0, 0.1) is 69.0 Å². The van der Waals surface area contributed by atoms with E-state index in [0.29, 0.717) is 63.9 Å². The molecule has 6 aliphatic heterocycles. The van der Waals surface area contributed by atoms with Gasteiger partial charge in [-0.2, -0.15) is 0 Å². The number of hydrogen-bond donors (Lipinski definition) is 1. The third-order valence-electron chi connectivity index (χ3n) is 16.9. The number of rotatable bonds is 15. The Morgan fingerprint density at radius 3 is 1.73 bits per heavy atom. The molecule has 0 aromatic rings. The molecule has 0 amide bonds. The fourth-order valence-corrected chi connectivity index (χ4v) is 12.7. The summed E-state index contributed by atoms with van der Waals surface area (Å²) < 4.78 is 31.6. The summed E-state index contributed by atoms with van der Waals surface area (Å²) in [5.74, 6) is -5.67. The molecule has 0 radical (unpaired) electrons. The van der Waals surface area contributed by atoms with Gasteiger partial charge in [-0.1, -0.05) is 34.6 Å². The monoisotopic (exact) mass is 1070 g/mol. The van der Waals surface area contributed by atoms with E-state index in [1.807, 2.05) is 55.4 Å². The molecule has 0 saturated carbocycles. The molecular weight excluding hydrogens is 1000 g/mol. The second kappa shape index (κ2) is 24.4. The van der Waals surface area contributed by atoms with E-state index in [9.17, 15) is 33.9 Å². The van der Waals surface area contributed by atoms with Crippen LogP contribution in [-0.2, 0) is 74.0 Å². The van der Waals surface area contributed by atoms with Crippen molar-refractivity contribution in [3.8, 4) is 0 Å². The number of aliphatic imine (C=N–C) groups is 4. The maximum Gasteiger partial charge on any atom is 3.00 e. The van der Waals surface area contributed by atoms with Crippen LogP contribution in [-0.4, -0.2) is 113 Å². The molecular formula is C53H70CoN7O13. The van der Waals surface area contributed by atoms with Crippen LogP contribution in [0.4, 0.5) is 0 Å². The summed E-state index contributed by atoms with van der Waals surface area (Å²) in [6, 6.07) is -0.888. The SMILES string of the molecule is COC(=O)CC[C@@H]1/C2=C(\C)C3=NC([C@H](CC(=O)OC)[C@@]3(C)CCC(=O)OC)[C@]3(C)N=C(\C(C)=C4/N=C5\C(=C(/N2)C1(C)C)N=C([O-])CC[C@H]5[C@]4(C)CC(=O)OC)[C@@H](CCC(=O)OC)[C@]3(C)CC(=O)OC.[C-]#N.[C-]#N.[Co+3]. The number of carbonyl (C=O) groups excluding carboxylic acids is 6. The van der Waals surface area contributed by atoms with Crippen molar-refractivity contribution in [2.24, 2.45) is 65.3 Å². The Labute approximate surface area is 444 Å². The molecule has 6 heterocycles. The second-order valence-electron chi connectivity index (χ2n) is 20.8. The summed E-state index contributed by atoms with van der Waals surface area (Å²) in [6.45, 7) is 25.1. The molecule has 404 valence electrons. The average Bonchev–Trinajstić information content (AvgIpc) is 3.96. The Kier molecular flexibility index (Phi) is 20.5. The first-order valence-electron chi connectivity index (χ1n) is 24.2. The van der Waals surface area contributed by atoms with Gasteiger partial charge in [0.15, 0.2) is 0 Å². The van der Waals surface area contributed by atoms with Crippen molar-refractivity contribution >= 4 is 58.8 Å². The smallest absolute Gasteiger partial charge is 0.862 e. The molecule has 1 fully saturated rings. The summed E-state index contributed by atoms with van der Waals surface area (Å²) in [4.78, 5) is 103. The Bertz CT molecular complexity index is 2520. The normalized spacial score (nSPS) is 32.9. The summed E-state index contributed by atoms with van der Waals surface area (Å²) in [6.07, 6.45) is 0.484. The van der Waals surface area contributed by atoms with Gasteiger partial charge in [0.25, 0.3) is 0 Å². The minimum Gasteiger partial charge on any atom is -0.862 e. The molecule has 0 aromatic carbocycles. The average molecular weight is 1070 g/mol. The Balaban J connectivity index is 0.00000282.